The van der Waals surface area contributed by atoms with Gasteiger partial charge in [-0.3, -0.25) is 9.20 Å². The van der Waals surface area contributed by atoms with Gasteiger partial charge in [0.05, 0.1) is 22.8 Å². The summed E-state index contributed by atoms with van der Waals surface area (Å²) in [5, 5.41) is 0. The molecule has 3 aromatic rings. The molecule has 0 bridgehead atoms. The Morgan fingerprint density at radius 1 is 1.32 bits per heavy atom. The van der Waals surface area contributed by atoms with Crippen molar-refractivity contribution in [2.75, 3.05) is 7.05 Å². The third kappa shape index (κ3) is 3.24. The molecule has 0 saturated heterocycles. The maximum absolute atomic E-state index is 12.9. The van der Waals surface area contributed by atoms with Gasteiger partial charge >= 0.3 is 0 Å². The van der Waals surface area contributed by atoms with Gasteiger partial charge in [0, 0.05) is 23.7 Å². The Balaban J connectivity index is 1.96. The van der Waals surface area contributed by atoms with E-state index in [0.29, 0.717) is 5.56 Å². The second-order valence-corrected chi connectivity index (χ2v) is 9.24. The third-order valence-corrected chi connectivity index (χ3v) is 6.76. The summed E-state index contributed by atoms with van der Waals surface area (Å²) in [5.74, 6) is -0.165. The fourth-order valence-corrected chi connectivity index (χ4v) is 4.72. The van der Waals surface area contributed by atoms with E-state index in [9.17, 15) is 13.2 Å². The second kappa shape index (κ2) is 6.36. The first-order valence-electron chi connectivity index (χ1n) is 7.71. The molecule has 0 aliphatic carbocycles. The molecule has 0 radical (unpaired) electrons. The first-order chi connectivity index (χ1) is 11.7. The highest BCUT2D eigenvalue weighted by molar-refractivity contribution is 7.89. The van der Waals surface area contributed by atoms with Crippen LogP contribution in [0.5, 0.6) is 0 Å². The van der Waals surface area contributed by atoms with Crippen molar-refractivity contribution in [2.24, 2.45) is 0 Å². The number of rotatable bonds is 5. The Morgan fingerprint density at radius 2 is 2.04 bits per heavy atom. The van der Waals surface area contributed by atoms with Crippen molar-refractivity contribution >= 4 is 32.1 Å². The van der Waals surface area contributed by atoms with E-state index in [4.69, 9.17) is 0 Å². The molecule has 25 heavy (non-hydrogen) atoms. The summed E-state index contributed by atoms with van der Waals surface area (Å²) in [4.78, 5) is 18.1. The van der Waals surface area contributed by atoms with Crippen LogP contribution >= 0.6 is 11.3 Å². The number of hydrogen-bond acceptors (Lipinski definition) is 5. The summed E-state index contributed by atoms with van der Waals surface area (Å²) in [7, 11) is -2.17. The quantitative estimate of drug-likeness (QED) is 0.641. The van der Waals surface area contributed by atoms with Crippen molar-refractivity contribution in [1.82, 2.24) is 13.7 Å². The molecule has 8 heteroatoms. The molecule has 0 atom stereocenters. The van der Waals surface area contributed by atoms with Crippen molar-refractivity contribution in [1.29, 1.82) is 0 Å². The lowest BCUT2D eigenvalue weighted by Crippen LogP contribution is -2.27. The van der Waals surface area contributed by atoms with Crippen molar-refractivity contribution in [3.05, 3.63) is 52.3 Å². The number of nitrogens with zero attached hydrogens (tertiary/aromatic N) is 3. The molecule has 0 unspecified atom stereocenters. The van der Waals surface area contributed by atoms with Crippen LogP contribution in [0, 0.1) is 13.8 Å². The van der Waals surface area contributed by atoms with Gasteiger partial charge in [0.1, 0.15) is 0 Å². The van der Waals surface area contributed by atoms with Gasteiger partial charge < -0.3 is 0 Å². The van der Waals surface area contributed by atoms with Crippen molar-refractivity contribution < 1.29 is 13.2 Å². The van der Waals surface area contributed by atoms with E-state index in [-0.39, 0.29) is 17.2 Å². The number of carbonyl (C=O) groups is 1. The van der Waals surface area contributed by atoms with E-state index in [2.05, 4.69) is 4.98 Å². The predicted octanol–water partition coefficient (Wildman–Crippen LogP) is 3.04. The van der Waals surface area contributed by atoms with Gasteiger partial charge in [-0.05, 0) is 32.9 Å². The lowest BCUT2D eigenvalue weighted by Gasteiger charge is -2.17. The number of benzene rings is 1. The maximum Gasteiger partial charge on any atom is 0.243 e. The third-order valence-electron chi connectivity index (χ3n) is 4.06. The zero-order valence-corrected chi connectivity index (χ0v) is 16.1. The number of carbonyl (C=O) groups excluding carboxylic acids is 1. The molecule has 0 spiro atoms. The molecule has 0 saturated carbocycles. The Labute approximate surface area is 150 Å². The highest BCUT2D eigenvalue weighted by Gasteiger charge is 2.24. The monoisotopic (exact) mass is 377 g/mol. The number of sulfonamides is 1. The average molecular weight is 377 g/mol. The minimum Gasteiger partial charge on any atom is -0.295 e. The standard InChI is InChI=1S/C17H19N3O3S2/c1-11-9-20-16(12(2)18-17(20)24-11)10-19(4)25(22,23)15-7-5-6-14(8-15)13(3)21/h5-9H,10H2,1-4H3. The van der Waals surface area contributed by atoms with E-state index in [1.165, 1.54) is 30.4 Å². The topological polar surface area (TPSA) is 71.8 Å². The summed E-state index contributed by atoms with van der Waals surface area (Å²) < 4.78 is 29.0. The summed E-state index contributed by atoms with van der Waals surface area (Å²) in [5.41, 5.74) is 2.03. The zero-order valence-electron chi connectivity index (χ0n) is 14.5. The predicted molar refractivity (Wildman–Crippen MR) is 97.6 cm³/mol. The Hall–Kier alpha value is -2.03. The SMILES string of the molecule is CC(=O)c1cccc(S(=O)(=O)N(C)Cc2c(C)nc3sc(C)cn23)c1. The maximum atomic E-state index is 12.9. The molecular formula is C17H19N3O3S2. The molecule has 3 rings (SSSR count). The zero-order chi connectivity index (χ0) is 18.4. The molecule has 0 aliphatic rings. The Morgan fingerprint density at radius 3 is 2.72 bits per heavy atom. The Bertz CT molecular complexity index is 1060. The van der Waals surface area contributed by atoms with E-state index in [1.54, 1.807) is 23.5 Å². The van der Waals surface area contributed by atoms with Crippen LogP contribution in [0.15, 0.2) is 35.4 Å². The van der Waals surface area contributed by atoms with E-state index in [0.717, 1.165) is 21.2 Å². The normalized spacial score (nSPS) is 12.2. The van der Waals surface area contributed by atoms with Gasteiger partial charge in [0.2, 0.25) is 10.0 Å². The van der Waals surface area contributed by atoms with E-state index < -0.39 is 10.0 Å². The largest absolute Gasteiger partial charge is 0.295 e. The highest BCUT2D eigenvalue weighted by Crippen LogP contribution is 2.24. The number of hydrogen-bond donors (Lipinski definition) is 0. The number of thiazole rings is 1. The smallest absolute Gasteiger partial charge is 0.243 e. The van der Waals surface area contributed by atoms with Crippen molar-refractivity contribution in [3.63, 3.8) is 0 Å². The van der Waals surface area contributed by atoms with Crippen LogP contribution in [0.4, 0.5) is 0 Å². The van der Waals surface area contributed by atoms with Crippen LogP contribution in [-0.4, -0.2) is 34.9 Å². The molecule has 2 aromatic heterocycles. The first-order valence-corrected chi connectivity index (χ1v) is 9.97. The summed E-state index contributed by atoms with van der Waals surface area (Å²) in [6.45, 7) is 5.49. The minimum absolute atomic E-state index is 0.114. The second-order valence-electron chi connectivity index (χ2n) is 5.98. The fraction of sp³-hybridized carbons (Fsp3) is 0.294. The number of ketones is 1. The molecule has 0 N–H and O–H groups in total. The summed E-state index contributed by atoms with van der Waals surface area (Å²) >= 11 is 1.57. The van der Waals surface area contributed by atoms with Crippen LogP contribution < -0.4 is 0 Å². The molecule has 0 amide bonds. The van der Waals surface area contributed by atoms with Gasteiger partial charge in [-0.25, -0.2) is 13.4 Å². The van der Waals surface area contributed by atoms with Gasteiger partial charge in [-0.2, -0.15) is 4.31 Å². The lowest BCUT2D eigenvalue weighted by atomic mass is 10.2. The molecule has 0 aliphatic heterocycles. The van der Waals surface area contributed by atoms with Gasteiger partial charge in [0.25, 0.3) is 0 Å². The van der Waals surface area contributed by atoms with Gasteiger partial charge in [-0.15, -0.1) is 11.3 Å². The van der Waals surface area contributed by atoms with E-state index >= 15 is 0 Å². The molecule has 0 fully saturated rings. The van der Waals surface area contributed by atoms with Crippen molar-refractivity contribution in [2.45, 2.75) is 32.2 Å². The molecule has 6 nitrogen and oxygen atoms in total. The van der Waals surface area contributed by atoms with Gasteiger partial charge in [-0.1, -0.05) is 12.1 Å². The van der Waals surface area contributed by atoms with Crippen LogP contribution in [0.2, 0.25) is 0 Å². The number of aromatic nitrogens is 2. The minimum atomic E-state index is -3.71. The molecule has 2 heterocycles. The van der Waals surface area contributed by atoms with Crippen molar-refractivity contribution in [3.8, 4) is 0 Å². The molecular weight excluding hydrogens is 358 g/mol. The van der Waals surface area contributed by atoms with E-state index in [1.807, 2.05) is 24.4 Å². The number of aryl methyl sites for hydroxylation is 2. The Kier molecular flexibility index (Phi) is 4.52. The summed E-state index contributed by atoms with van der Waals surface area (Å²) in [6, 6.07) is 6.12. The molecule has 132 valence electrons. The number of Topliss-reactive ketones (excluding diaryl/α,β-unsaturated/α-hetero) is 1. The molecule has 1 aromatic carbocycles. The average Bonchev–Trinajstić information content (AvgIpc) is 3.04. The highest BCUT2D eigenvalue weighted by atomic mass is 32.2. The van der Waals surface area contributed by atoms with Crippen LogP contribution in [0.1, 0.15) is 33.5 Å². The summed E-state index contributed by atoms with van der Waals surface area (Å²) in [6.07, 6.45) is 1.96. The number of fused-ring (bicyclic) bond motifs is 1. The lowest BCUT2D eigenvalue weighted by molar-refractivity contribution is 0.101. The number of imidazole rings is 1. The first kappa shape index (κ1) is 17.8. The van der Waals surface area contributed by atoms with Gasteiger partial charge in [0.15, 0.2) is 10.7 Å². The van der Waals surface area contributed by atoms with Crippen LogP contribution in [0.25, 0.3) is 4.96 Å². The van der Waals surface area contributed by atoms with Crippen LogP contribution in [0.3, 0.4) is 0 Å². The fourth-order valence-electron chi connectivity index (χ4n) is 2.65. The van der Waals surface area contributed by atoms with Crippen LogP contribution in [-0.2, 0) is 16.6 Å².